The highest BCUT2D eigenvalue weighted by Gasteiger charge is 2.12. The lowest BCUT2D eigenvalue weighted by atomic mass is 10.3. The molecule has 0 saturated heterocycles. The van der Waals surface area contributed by atoms with Gasteiger partial charge in [-0.15, -0.1) is 5.10 Å². The maximum absolute atomic E-state index is 5.97. The topological polar surface area (TPSA) is 64.9 Å². The van der Waals surface area contributed by atoms with Gasteiger partial charge in [-0.25, -0.2) is 0 Å². The van der Waals surface area contributed by atoms with E-state index in [4.69, 9.17) is 16.3 Å². The summed E-state index contributed by atoms with van der Waals surface area (Å²) in [7, 11) is 3.42. The van der Waals surface area contributed by atoms with E-state index in [2.05, 4.69) is 20.8 Å². The molecule has 0 aliphatic heterocycles. The molecule has 0 aliphatic rings. The first-order valence-electron chi connectivity index (χ1n) is 5.02. The monoisotopic (exact) mass is 253 g/mol. The van der Waals surface area contributed by atoms with Gasteiger partial charge in [-0.1, -0.05) is 11.6 Å². The molecule has 0 aliphatic carbocycles. The molecule has 0 unspecified atom stereocenters. The Morgan fingerprint density at radius 2 is 2.29 bits per heavy atom. The second-order valence-corrected chi connectivity index (χ2v) is 3.79. The van der Waals surface area contributed by atoms with Gasteiger partial charge in [0.1, 0.15) is 11.4 Å². The molecule has 1 heterocycles. The average Bonchev–Trinajstić information content (AvgIpc) is 2.77. The number of benzene rings is 1. The highest BCUT2D eigenvalue weighted by atomic mass is 35.5. The van der Waals surface area contributed by atoms with Crippen molar-refractivity contribution >= 4 is 11.6 Å². The Kier molecular flexibility index (Phi) is 3.55. The molecule has 2 rings (SSSR count). The fraction of sp³-hybridized carbons (Fsp3) is 0.300. The summed E-state index contributed by atoms with van der Waals surface area (Å²) in [4.78, 5) is 0. The standard InChI is InChI=1S/C10H12ClN5O/c1-12-6-10-13-14-15-16(10)8-5-7(11)3-4-9(8)17-2/h3-5,12H,6H2,1-2H3. The second kappa shape index (κ2) is 5.11. The van der Waals surface area contributed by atoms with Gasteiger partial charge in [-0.2, -0.15) is 4.68 Å². The van der Waals surface area contributed by atoms with Crippen LogP contribution in [0.25, 0.3) is 5.69 Å². The molecule has 7 heteroatoms. The van der Waals surface area contributed by atoms with Crippen molar-refractivity contribution in [1.82, 2.24) is 25.5 Å². The van der Waals surface area contributed by atoms with Crippen molar-refractivity contribution in [2.24, 2.45) is 0 Å². The molecule has 0 atom stereocenters. The van der Waals surface area contributed by atoms with Crippen molar-refractivity contribution in [3.63, 3.8) is 0 Å². The molecule has 17 heavy (non-hydrogen) atoms. The van der Waals surface area contributed by atoms with Gasteiger partial charge in [-0.05, 0) is 35.7 Å². The minimum atomic E-state index is 0.558. The van der Waals surface area contributed by atoms with E-state index < -0.39 is 0 Å². The third-order valence-corrected chi connectivity index (χ3v) is 2.47. The second-order valence-electron chi connectivity index (χ2n) is 3.35. The molecule has 1 aromatic heterocycles. The Morgan fingerprint density at radius 3 is 3.00 bits per heavy atom. The molecule has 2 aromatic rings. The Bertz CT molecular complexity index is 513. The zero-order chi connectivity index (χ0) is 12.3. The number of halogens is 1. The first kappa shape index (κ1) is 11.8. The lowest BCUT2D eigenvalue weighted by Crippen LogP contribution is -2.12. The van der Waals surface area contributed by atoms with E-state index in [0.29, 0.717) is 23.1 Å². The molecule has 0 amide bonds. The van der Waals surface area contributed by atoms with E-state index in [9.17, 15) is 0 Å². The molecule has 90 valence electrons. The van der Waals surface area contributed by atoms with E-state index >= 15 is 0 Å². The lowest BCUT2D eigenvalue weighted by molar-refractivity contribution is 0.411. The molecule has 0 saturated carbocycles. The normalized spacial score (nSPS) is 10.5. The highest BCUT2D eigenvalue weighted by molar-refractivity contribution is 6.30. The van der Waals surface area contributed by atoms with Gasteiger partial charge in [0.2, 0.25) is 0 Å². The average molecular weight is 254 g/mol. The van der Waals surface area contributed by atoms with Gasteiger partial charge >= 0.3 is 0 Å². The van der Waals surface area contributed by atoms with Crippen LogP contribution >= 0.6 is 11.6 Å². The van der Waals surface area contributed by atoms with Crippen molar-refractivity contribution in [2.75, 3.05) is 14.2 Å². The van der Waals surface area contributed by atoms with Crippen LogP contribution in [0.3, 0.4) is 0 Å². The summed E-state index contributed by atoms with van der Waals surface area (Å²) >= 11 is 5.97. The summed E-state index contributed by atoms with van der Waals surface area (Å²) < 4.78 is 6.86. The Balaban J connectivity index is 2.51. The van der Waals surface area contributed by atoms with Crippen LogP contribution in [-0.2, 0) is 6.54 Å². The number of hydrogen-bond donors (Lipinski definition) is 1. The Morgan fingerprint density at radius 1 is 1.47 bits per heavy atom. The molecule has 0 bridgehead atoms. The maximum atomic E-state index is 5.97. The third kappa shape index (κ3) is 2.37. The first-order valence-corrected chi connectivity index (χ1v) is 5.40. The number of hydrogen-bond acceptors (Lipinski definition) is 5. The molecule has 1 N–H and O–H groups in total. The van der Waals surface area contributed by atoms with Crippen molar-refractivity contribution < 1.29 is 4.74 Å². The smallest absolute Gasteiger partial charge is 0.170 e. The fourth-order valence-corrected chi connectivity index (χ4v) is 1.66. The van der Waals surface area contributed by atoms with E-state index in [-0.39, 0.29) is 0 Å². The van der Waals surface area contributed by atoms with Gasteiger partial charge in [0.05, 0.1) is 13.7 Å². The van der Waals surface area contributed by atoms with Crippen LogP contribution in [0, 0.1) is 0 Å². The largest absolute Gasteiger partial charge is 0.494 e. The number of methoxy groups -OCH3 is 1. The molecular weight excluding hydrogens is 242 g/mol. The Labute approximate surface area is 104 Å². The summed E-state index contributed by atoms with van der Waals surface area (Å²) in [6.45, 7) is 0.558. The van der Waals surface area contributed by atoms with Crippen LogP contribution in [-0.4, -0.2) is 34.4 Å². The summed E-state index contributed by atoms with van der Waals surface area (Å²) in [5.41, 5.74) is 0.718. The molecule has 0 radical (unpaired) electrons. The maximum Gasteiger partial charge on any atom is 0.170 e. The number of rotatable bonds is 4. The van der Waals surface area contributed by atoms with Gasteiger partial charge < -0.3 is 10.1 Å². The summed E-state index contributed by atoms with van der Waals surface area (Å²) in [6.07, 6.45) is 0. The van der Waals surface area contributed by atoms with Crippen molar-refractivity contribution in [3.05, 3.63) is 29.0 Å². The molecule has 1 aromatic carbocycles. The van der Waals surface area contributed by atoms with Crippen LogP contribution in [0.4, 0.5) is 0 Å². The van der Waals surface area contributed by atoms with Crippen molar-refractivity contribution in [2.45, 2.75) is 6.54 Å². The minimum Gasteiger partial charge on any atom is -0.494 e. The third-order valence-electron chi connectivity index (χ3n) is 2.24. The van der Waals surface area contributed by atoms with Crippen molar-refractivity contribution in [1.29, 1.82) is 0 Å². The van der Waals surface area contributed by atoms with Gasteiger partial charge in [0.25, 0.3) is 0 Å². The quantitative estimate of drug-likeness (QED) is 0.882. The lowest BCUT2D eigenvalue weighted by Gasteiger charge is -2.09. The Hall–Kier alpha value is -1.66. The zero-order valence-corrected chi connectivity index (χ0v) is 10.3. The van der Waals surface area contributed by atoms with Gasteiger partial charge in [-0.3, -0.25) is 0 Å². The SMILES string of the molecule is CNCc1nnnn1-c1cc(Cl)ccc1OC. The minimum absolute atomic E-state index is 0.558. The van der Waals surface area contributed by atoms with E-state index in [1.54, 1.807) is 30.0 Å². The summed E-state index contributed by atoms with van der Waals surface area (Å²) in [6, 6.07) is 5.30. The first-order chi connectivity index (χ1) is 8.26. The molecule has 6 nitrogen and oxygen atoms in total. The predicted octanol–water partition coefficient (Wildman–Crippen LogP) is 1.04. The number of ether oxygens (including phenoxy) is 1. The van der Waals surface area contributed by atoms with Crippen LogP contribution in [0.2, 0.25) is 5.02 Å². The number of nitrogens with one attached hydrogen (secondary N) is 1. The predicted molar refractivity (Wildman–Crippen MR) is 63.5 cm³/mol. The zero-order valence-electron chi connectivity index (χ0n) is 9.51. The van der Waals surface area contributed by atoms with Gasteiger partial charge in [0.15, 0.2) is 5.82 Å². The highest BCUT2D eigenvalue weighted by Crippen LogP contribution is 2.26. The van der Waals surface area contributed by atoms with E-state index in [1.807, 2.05) is 7.05 Å². The van der Waals surface area contributed by atoms with Gasteiger partial charge in [0, 0.05) is 5.02 Å². The molecule has 0 spiro atoms. The van der Waals surface area contributed by atoms with Crippen molar-refractivity contribution in [3.8, 4) is 11.4 Å². The summed E-state index contributed by atoms with van der Waals surface area (Å²) in [5.74, 6) is 1.35. The van der Waals surface area contributed by atoms with Crippen LogP contribution in [0.5, 0.6) is 5.75 Å². The molecular formula is C10H12ClN5O. The van der Waals surface area contributed by atoms with Crippen LogP contribution in [0.1, 0.15) is 5.82 Å². The fourth-order valence-electron chi connectivity index (χ4n) is 1.49. The van der Waals surface area contributed by atoms with Crippen LogP contribution < -0.4 is 10.1 Å². The van der Waals surface area contributed by atoms with E-state index in [1.165, 1.54) is 0 Å². The summed E-state index contributed by atoms with van der Waals surface area (Å²) in [5, 5.41) is 15.1. The van der Waals surface area contributed by atoms with Crippen LogP contribution in [0.15, 0.2) is 18.2 Å². The number of aromatic nitrogens is 4. The molecule has 0 fully saturated rings. The number of tetrazole rings is 1. The number of nitrogens with zero attached hydrogens (tertiary/aromatic N) is 4. The van der Waals surface area contributed by atoms with E-state index in [0.717, 1.165) is 5.69 Å².